The highest BCUT2D eigenvalue weighted by Crippen LogP contribution is 2.52. The Morgan fingerprint density at radius 2 is 0.564 bits per heavy atom. The number of imide groups is 2. The van der Waals surface area contributed by atoms with Gasteiger partial charge in [0.25, 0.3) is 23.6 Å². The third kappa shape index (κ3) is 12.0. The Hall–Kier alpha value is -13.4. The smallest absolute Gasteiger partial charge is 0.266 e. The van der Waals surface area contributed by atoms with Crippen LogP contribution in [-0.4, -0.2) is 23.6 Å². The van der Waals surface area contributed by atoms with Gasteiger partial charge in [-0.15, -0.1) is 0 Å². The van der Waals surface area contributed by atoms with Crippen molar-refractivity contribution in [3.05, 3.63) is 357 Å². The number of amides is 4. The lowest BCUT2D eigenvalue weighted by Gasteiger charge is -2.34. The Morgan fingerprint density at radius 3 is 0.891 bits per heavy atom. The quantitative estimate of drug-likeness (QED) is 0.0467. The molecule has 2 aliphatic heterocycles. The fourth-order valence-electron chi connectivity index (χ4n) is 16.6. The number of para-hydroxylation sites is 4. The summed E-state index contributed by atoms with van der Waals surface area (Å²) in [5.41, 5.74) is 21.6. The first kappa shape index (κ1) is 69.6. The van der Waals surface area contributed by atoms with Gasteiger partial charge in [0.05, 0.1) is 22.5 Å². The zero-order chi connectivity index (χ0) is 75.9. The average Bonchev–Trinajstić information content (AvgIpc) is 0.678. The molecule has 0 aromatic heterocycles. The lowest BCUT2D eigenvalue weighted by molar-refractivity contribution is 0.0877. The molecule has 0 spiro atoms. The summed E-state index contributed by atoms with van der Waals surface area (Å²) in [6, 6.07) is 95.0. The number of nitrogens with zero attached hydrogens (tertiary/aromatic N) is 4. The number of fused-ring (bicyclic) bond motifs is 2. The maximum atomic E-state index is 16.2. The summed E-state index contributed by atoms with van der Waals surface area (Å²) in [6.07, 6.45) is 0. The van der Waals surface area contributed by atoms with Crippen LogP contribution in [0.25, 0.3) is 65.3 Å². The highest BCUT2D eigenvalue weighted by Gasteiger charge is 2.42. The van der Waals surface area contributed by atoms with E-state index in [0.29, 0.717) is 87.8 Å². The standard InChI is InChI=1S/C102H80N4O4/c1-61(2)81-29-19-30-82(62(3)4)97(81)105-99(107)87-55-53-85-92-74(44-38-68-35-41-70(42-36-68)72-47-51-78(52-48-72)104(76-25-15-12-16-26-76)80-28-18-22-66(10)58-80)60-90-94-88(100(108)106(102(90)110)98-83(63(5)6)31-20-32-84(98)64(7)8)56-54-86(96(92)94)91-73(59-89(101(105)109)93(87)95(85)91)43-37-67-33-39-69(40-34-67)71-45-49-77(50-46-71)103(75-23-13-11-14-24-75)79-27-17-21-65(9)57-79/h11-36,39-42,45-64H,1-10H3. The van der Waals surface area contributed by atoms with Gasteiger partial charge in [0, 0.05) is 99.8 Å². The zero-order valence-corrected chi connectivity index (χ0v) is 63.3. The van der Waals surface area contributed by atoms with Gasteiger partial charge in [-0.3, -0.25) is 19.2 Å². The van der Waals surface area contributed by atoms with Crippen molar-refractivity contribution in [3.63, 3.8) is 0 Å². The molecule has 0 saturated carbocycles. The second-order valence-electron chi connectivity index (χ2n) is 30.4. The Morgan fingerprint density at radius 1 is 0.264 bits per heavy atom. The van der Waals surface area contributed by atoms with Gasteiger partial charge in [-0.25, -0.2) is 9.80 Å². The number of carbonyl (C=O) groups excluding carboxylic acids is 4. The summed E-state index contributed by atoms with van der Waals surface area (Å²) in [5, 5.41) is 5.14. The molecule has 0 aliphatic carbocycles. The van der Waals surface area contributed by atoms with Crippen LogP contribution in [0.1, 0.15) is 176 Å². The summed E-state index contributed by atoms with van der Waals surface area (Å²) in [4.78, 5) is 71.5. The van der Waals surface area contributed by atoms with Crippen molar-refractivity contribution in [1.82, 2.24) is 0 Å². The number of carbonyl (C=O) groups is 4. The SMILES string of the molecule is Cc1cccc(N(c2ccccc2)c2ccc(-c3ccc(C#Cc4cc5c6c(ccc7c8c(C#Cc9ccc(-c%10ccc(N(c%11ccccc%11)c%11cccc(C)c%11)cc%10)cc9)cc9c%10c(ccc(c4c67)c%108)C(=O)N(c4c(C(C)C)cccc4C(C)C)C9=O)C(=O)N(c4c(C(C)C)cccc4C(C)C)C5=O)cc3)cc2)c1. The second-order valence-corrected chi connectivity index (χ2v) is 30.4. The van der Waals surface area contributed by atoms with Crippen LogP contribution < -0.4 is 19.6 Å². The number of hydrogen-bond donors (Lipinski definition) is 0. The lowest BCUT2D eigenvalue weighted by atomic mass is 9.79. The van der Waals surface area contributed by atoms with Crippen molar-refractivity contribution in [3.8, 4) is 45.9 Å². The van der Waals surface area contributed by atoms with Crippen molar-refractivity contribution in [1.29, 1.82) is 0 Å². The molecule has 15 aromatic carbocycles. The summed E-state index contributed by atoms with van der Waals surface area (Å²) >= 11 is 0. The molecule has 2 heterocycles. The molecule has 15 aromatic rings. The highest BCUT2D eigenvalue weighted by atomic mass is 16.2. The van der Waals surface area contributed by atoms with Crippen LogP contribution in [-0.2, 0) is 0 Å². The van der Waals surface area contributed by atoms with Gasteiger partial charge in [-0.1, -0.05) is 237 Å². The molecule has 0 fully saturated rings. The van der Waals surface area contributed by atoms with Crippen molar-refractivity contribution < 1.29 is 19.2 Å². The average molecular weight is 1430 g/mol. The molecule has 2 aliphatic rings. The minimum atomic E-state index is -0.448. The van der Waals surface area contributed by atoms with Crippen LogP contribution in [0.4, 0.5) is 45.5 Å². The largest absolute Gasteiger partial charge is 0.310 e. The zero-order valence-electron chi connectivity index (χ0n) is 63.3. The Bertz CT molecular complexity index is 5950. The highest BCUT2D eigenvalue weighted by molar-refractivity contribution is 6.46. The molecule has 0 unspecified atom stereocenters. The predicted molar refractivity (Wildman–Crippen MR) is 454 cm³/mol. The lowest BCUT2D eigenvalue weighted by Crippen LogP contribution is -2.42. The van der Waals surface area contributed by atoms with E-state index in [0.717, 1.165) is 89.8 Å². The van der Waals surface area contributed by atoms with E-state index in [1.54, 1.807) is 0 Å². The van der Waals surface area contributed by atoms with E-state index in [2.05, 4.69) is 273 Å². The molecule has 17 rings (SSSR count). The van der Waals surface area contributed by atoms with Gasteiger partial charge in [0.2, 0.25) is 0 Å². The number of benzene rings is 15. The number of aryl methyl sites for hydroxylation is 2. The number of anilines is 8. The third-order valence-corrected chi connectivity index (χ3v) is 21.9. The van der Waals surface area contributed by atoms with E-state index in [9.17, 15) is 0 Å². The molecule has 532 valence electrons. The minimum Gasteiger partial charge on any atom is -0.310 e. The van der Waals surface area contributed by atoms with Crippen LogP contribution in [0.2, 0.25) is 0 Å². The Labute approximate surface area is 642 Å². The maximum Gasteiger partial charge on any atom is 0.266 e. The molecule has 110 heavy (non-hydrogen) atoms. The van der Waals surface area contributed by atoms with Crippen LogP contribution in [0, 0.1) is 37.5 Å². The second kappa shape index (κ2) is 28.1. The normalized spacial score (nSPS) is 12.7. The summed E-state index contributed by atoms with van der Waals surface area (Å²) in [7, 11) is 0. The molecule has 0 N–H and O–H groups in total. The molecule has 0 bridgehead atoms. The van der Waals surface area contributed by atoms with Crippen LogP contribution in [0.5, 0.6) is 0 Å². The molecule has 0 radical (unpaired) electrons. The number of rotatable bonds is 14. The number of hydrogen-bond acceptors (Lipinski definition) is 6. The molecular formula is C102H80N4O4. The summed E-state index contributed by atoms with van der Waals surface area (Å²) in [5.74, 6) is 12.6. The first-order valence-electron chi connectivity index (χ1n) is 38.0. The minimum absolute atomic E-state index is 0.0222. The molecule has 8 nitrogen and oxygen atoms in total. The summed E-state index contributed by atoms with van der Waals surface area (Å²) < 4.78 is 0. The Kier molecular flexibility index (Phi) is 17.8. The van der Waals surface area contributed by atoms with Gasteiger partial charge in [0.1, 0.15) is 0 Å². The van der Waals surface area contributed by atoms with Gasteiger partial charge >= 0.3 is 0 Å². The first-order valence-corrected chi connectivity index (χ1v) is 38.0. The molecule has 4 amide bonds. The maximum absolute atomic E-state index is 16.2. The molecule has 0 saturated heterocycles. The van der Waals surface area contributed by atoms with Crippen LogP contribution >= 0.6 is 0 Å². The predicted octanol–water partition coefficient (Wildman–Crippen LogP) is 25.5. The molecular weight excluding hydrogens is 1350 g/mol. The van der Waals surface area contributed by atoms with Gasteiger partial charge in [-0.05, 0) is 225 Å². The van der Waals surface area contributed by atoms with Crippen molar-refractivity contribution >= 4 is 112 Å². The van der Waals surface area contributed by atoms with Crippen LogP contribution in [0.15, 0.2) is 279 Å². The fraction of sp³-hybridized carbons (Fsp3) is 0.137. The summed E-state index contributed by atoms with van der Waals surface area (Å²) in [6.45, 7) is 20.9. The monoisotopic (exact) mass is 1420 g/mol. The van der Waals surface area contributed by atoms with Gasteiger partial charge in [-0.2, -0.15) is 0 Å². The fourth-order valence-corrected chi connectivity index (χ4v) is 16.6. The van der Waals surface area contributed by atoms with Crippen molar-refractivity contribution in [2.45, 2.75) is 92.9 Å². The molecule has 8 heteroatoms. The van der Waals surface area contributed by atoms with E-state index in [-0.39, 0.29) is 23.7 Å². The van der Waals surface area contributed by atoms with Gasteiger partial charge < -0.3 is 9.80 Å². The third-order valence-electron chi connectivity index (χ3n) is 21.9. The van der Waals surface area contributed by atoms with E-state index in [1.807, 2.05) is 109 Å². The Balaban J connectivity index is 0.844. The van der Waals surface area contributed by atoms with E-state index < -0.39 is 23.6 Å². The molecule has 0 atom stereocenters. The van der Waals surface area contributed by atoms with E-state index >= 15 is 19.2 Å². The van der Waals surface area contributed by atoms with Gasteiger partial charge in [0.15, 0.2) is 0 Å². The van der Waals surface area contributed by atoms with Crippen molar-refractivity contribution in [2.24, 2.45) is 0 Å². The van der Waals surface area contributed by atoms with E-state index in [4.69, 9.17) is 0 Å². The van der Waals surface area contributed by atoms with Crippen molar-refractivity contribution in [2.75, 3.05) is 19.6 Å². The first-order chi connectivity index (χ1) is 53.4. The van der Waals surface area contributed by atoms with E-state index in [1.165, 1.54) is 20.9 Å². The topological polar surface area (TPSA) is 81.2 Å². The van der Waals surface area contributed by atoms with Crippen LogP contribution in [0.3, 0.4) is 0 Å².